The van der Waals surface area contributed by atoms with Gasteiger partial charge in [-0.2, -0.15) is 0 Å². The molecule has 1 atom stereocenters. The SMILES string of the molecule is Cc1cnc(C(CCCS(C)(=O)=O)NN)c(C)c1. The molecule has 0 radical (unpaired) electrons. The molecule has 0 aliphatic rings. The highest BCUT2D eigenvalue weighted by molar-refractivity contribution is 7.90. The van der Waals surface area contributed by atoms with E-state index in [1.807, 2.05) is 19.9 Å². The lowest BCUT2D eigenvalue weighted by Crippen LogP contribution is -2.29. The molecule has 1 aromatic heterocycles. The standard InChI is InChI=1S/C12H21N3O2S/c1-9-7-10(2)12(14-8-9)11(15-13)5-4-6-18(3,16)17/h7-8,11,15H,4-6,13H2,1-3H3. The summed E-state index contributed by atoms with van der Waals surface area (Å²) in [6.45, 7) is 3.97. The molecule has 5 nitrogen and oxygen atoms in total. The van der Waals surface area contributed by atoms with Crippen molar-refractivity contribution >= 4 is 9.84 Å². The summed E-state index contributed by atoms with van der Waals surface area (Å²) >= 11 is 0. The number of aromatic nitrogens is 1. The molecule has 0 fully saturated rings. The van der Waals surface area contributed by atoms with E-state index in [4.69, 9.17) is 5.84 Å². The number of hydrogen-bond donors (Lipinski definition) is 2. The fourth-order valence-electron chi connectivity index (χ4n) is 1.94. The molecule has 0 bridgehead atoms. The van der Waals surface area contributed by atoms with Gasteiger partial charge in [0.2, 0.25) is 0 Å². The van der Waals surface area contributed by atoms with Crippen molar-refractivity contribution < 1.29 is 8.42 Å². The van der Waals surface area contributed by atoms with Crippen molar-refractivity contribution in [2.75, 3.05) is 12.0 Å². The number of hydrogen-bond acceptors (Lipinski definition) is 5. The lowest BCUT2D eigenvalue weighted by Gasteiger charge is -2.17. The average Bonchev–Trinajstić information content (AvgIpc) is 2.24. The van der Waals surface area contributed by atoms with Crippen molar-refractivity contribution in [1.29, 1.82) is 0 Å². The second kappa shape index (κ2) is 6.26. The van der Waals surface area contributed by atoms with E-state index in [-0.39, 0.29) is 11.8 Å². The largest absolute Gasteiger partial charge is 0.271 e. The van der Waals surface area contributed by atoms with Crippen molar-refractivity contribution in [2.45, 2.75) is 32.7 Å². The van der Waals surface area contributed by atoms with Crippen LogP contribution in [0.3, 0.4) is 0 Å². The summed E-state index contributed by atoms with van der Waals surface area (Å²) in [6.07, 6.45) is 4.26. The Morgan fingerprint density at radius 2 is 2.11 bits per heavy atom. The fourth-order valence-corrected chi connectivity index (χ4v) is 2.63. The van der Waals surface area contributed by atoms with Gasteiger partial charge in [0, 0.05) is 18.2 Å². The highest BCUT2D eigenvalue weighted by Gasteiger charge is 2.14. The van der Waals surface area contributed by atoms with E-state index in [1.54, 1.807) is 6.20 Å². The van der Waals surface area contributed by atoms with Crippen LogP contribution in [0.25, 0.3) is 0 Å². The van der Waals surface area contributed by atoms with Crippen LogP contribution in [0.15, 0.2) is 12.3 Å². The number of hydrazine groups is 1. The van der Waals surface area contributed by atoms with Crippen molar-refractivity contribution in [1.82, 2.24) is 10.4 Å². The number of pyridine rings is 1. The van der Waals surface area contributed by atoms with Crippen LogP contribution in [0.1, 0.15) is 35.7 Å². The first-order chi connectivity index (χ1) is 8.33. The number of sulfone groups is 1. The van der Waals surface area contributed by atoms with Gasteiger partial charge in [-0.05, 0) is 37.8 Å². The van der Waals surface area contributed by atoms with Gasteiger partial charge in [-0.1, -0.05) is 6.07 Å². The van der Waals surface area contributed by atoms with Gasteiger partial charge in [0.1, 0.15) is 9.84 Å². The Bertz CT molecular complexity index is 500. The minimum Gasteiger partial charge on any atom is -0.271 e. The van der Waals surface area contributed by atoms with E-state index < -0.39 is 9.84 Å². The van der Waals surface area contributed by atoms with Crippen molar-refractivity contribution in [3.05, 3.63) is 29.1 Å². The number of nitrogens with zero attached hydrogens (tertiary/aromatic N) is 1. The molecule has 18 heavy (non-hydrogen) atoms. The summed E-state index contributed by atoms with van der Waals surface area (Å²) in [5.74, 6) is 5.70. The summed E-state index contributed by atoms with van der Waals surface area (Å²) in [5.41, 5.74) is 5.76. The zero-order valence-electron chi connectivity index (χ0n) is 11.1. The number of nitrogens with one attached hydrogen (secondary N) is 1. The molecule has 0 aliphatic heterocycles. The molecular formula is C12H21N3O2S. The first kappa shape index (κ1) is 15.1. The quantitative estimate of drug-likeness (QED) is 0.596. The van der Waals surface area contributed by atoms with Gasteiger partial charge in [-0.3, -0.25) is 16.3 Å². The third-order valence-corrected chi connectivity index (χ3v) is 3.82. The Kier molecular flexibility index (Phi) is 5.25. The second-order valence-corrected chi connectivity index (χ2v) is 6.97. The summed E-state index contributed by atoms with van der Waals surface area (Å²) in [4.78, 5) is 4.37. The smallest absolute Gasteiger partial charge is 0.147 e. The molecule has 1 heterocycles. The van der Waals surface area contributed by atoms with Gasteiger partial charge in [-0.15, -0.1) is 0 Å². The molecule has 1 unspecified atom stereocenters. The van der Waals surface area contributed by atoms with E-state index in [0.717, 1.165) is 16.8 Å². The summed E-state index contributed by atoms with van der Waals surface area (Å²) < 4.78 is 22.2. The Balaban J connectivity index is 2.71. The number of rotatable bonds is 6. The third-order valence-electron chi connectivity index (χ3n) is 2.79. The van der Waals surface area contributed by atoms with Crippen molar-refractivity contribution in [3.8, 4) is 0 Å². The Morgan fingerprint density at radius 1 is 1.44 bits per heavy atom. The number of nitrogens with two attached hydrogens (primary N) is 1. The van der Waals surface area contributed by atoms with Crippen LogP contribution < -0.4 is 11.3 Å². The van der Waals surface area contributed by atoms with E-state index in [0.29, 0.717) is 12.8 Å². The Hall–Kier alpha value is -0.980. The minimum absolute atomic E-state index is 0.104. The molecule has 0 aliphatic carbocycles. The Labute approximate surface area is 109 Å². The summed E-state index contributed by atoms with van der Waals surface area (Å²) in [5, 5.41) is 0. The molecule has 1 aromatic rings. The van der Waals surface area contributed by atoms with E-state index in [9.17, 15) is 8.42 Å². The van der Waals surface area contributed by atoms with Gasteiger partial charge in [0.25, 0.3) is 0 Å². The predicted octanol–water partition coefficient (Wildman–Crippen LogP) is 1.03. The van der Waals surface area contributed by atoms with Gasteiger partial charge < -0.3 is 0 Å². The Morgan fingerprint density at radius 3 is 2.61 bits per heavy atom. The van der Waals surface area contributed by atoms with Crippen LogP contribution in [0, 0.1) is 13.8 Å². The molecule has 0 spiro atoms. The van der Waals surface area contributed by atoms with E-state index >= 15 is 0 Å². The van der Waals surface area contributed by atoms with E-state index in [2.05, 4.69) is 10.4 Å². The van der Waals surface area contributed by atoms with Gasteiger partial charge in [-0.25, -0.2) is 8.42 Å². The fraction of sp³-hybridized carbons (Fsp3) is 0.583. The molecule has 3 N–H and O–H groups in total. The highest BCUT2D eigenvalue weighted by atomic mass is 32.2. The van der Waals surface area contributed by atoms with Gasteiger partial charge >= 0.3 is 0 Å². The van der Waals surface area contributed by atoms with Crippen LogP contribution in [-0.2, 0) is 9.84 Å². The minimum atomic E-state index is -2.92. The van der Waals surface area contributed by atoms with Crippen LogP contribution in [0.2, 0.25) is 0 Å². The van der Waals surface area contributed by atoms with Crippen molar-refractivity contribution in [3.63, 3.8) is 0 Å². The molecule has 0 aromatic carbocycles. The monoisotopic (exact) mass is 271 g/mol. The van der Waals surface area contributed by atoms with Crippen LogP contribution in [0.4, 0.5) is 0 Å². The molecule has 6 heteroatoms. The van der Waals surface area contributed by atoms with Crippen molar-refractivity contribution in [2.24, 2.45) is 5.84 Å². The molecule has 0 saturated heterocycles. The molecular weight excluding hydrogens is 250 g/mol. The molecule has 0 saturated carbocycles. The van der Waals surface area contributed by atoms with E-state index in [1.165, 1.54) is 6.26 Å². The topological polar surface area (TPSA) is 85.1 Å². The van der Waals surface area contributed by atoms with Crippen LogP contribution in [0.5, 0.6) is 0 Å². The first-order valence-electron chi connectivity index (χ1n) is 5.90. The zero-order chi connectivity index (χ0) is 13.8. The zero-order valence-corrected chi connectivity index (χ0v) is 11.9. The molecule has 102 valence electrons. The number of aryl methyl sites for hydroxylation is 2. The van der Waals surface area contributed by atoms with Crippen LogP contribution >= 0.6 is 0 Å². The lowest BCUT2D eigenvalue weighted by molar-refractivity contribution is 0.494. The maximum atomic E-state index is 11.1. The van der Waals surface area contributed by atoms with Crippen LogP contribution in [-0.4, -0.2) is 25.4 Å². The molecule has 1 rings (SSSR count). The third kappa shape index (κ3) is 4.72. The second-order valence-electron chi connectivity index (χ2n) is 4.71. The van der Waals surface area contributed by atoms with Gasteiger partial charge in [0.15, 0.2) is 0 Å². The summed E-state index contributed by atoms with van der Waals surface area (Å²) in [7, 11) is -2.92. The van der Waals surface area contributed by atoms with Gasteiger partial charge in [0.05, 0.1) is 11.7 Å². The lowest BCUT2D eigenvalue weighted by atomic mass is 10.0. The summed E-state index contributed by atoms with van der Waals surface area (Å²) in [6, 6.07) is 1.94. The molecule has 0 amide bonds. The maximum Gasteiger partial charge on any atom is 0.147 e. The highest BCUT2D eigenvalue weighted by Crippen LogP contribution is 2.20. The predicted molar refractivity (Wildman–Crippen MR) is 72.7 cm³/mol. The average molecular weight is 271 g/mol. The normalized spacial score (nSPS) is 13.6. The first-order valence-corrected chi connectivity index (χ1v) is 7.96. The maximum absolute atomic E-state index is 11.1.